The first-order chi connectivity index (χ1) is 13.2. The highest BCUT2D eigenvalue weighted by atomic mass is 16.3. The number of aliphatic hydroxyl groups is 1. The van der Waals surface area contributed by atoms with Crippen LogP contribution in [0.1, 0.15) is 19.3 Å². The highest BCUT2D eigenvalue weighted by Gasteiger charge is 2.35. The SMILES string of the molecule is Nc1cc(N2CCN3[C@@H](CO)CCC[C@H]3C2)nc2nc(-c3ccco3)nn12. The van der Waals surface area contributed by atoms with Crippen LogP contribution in [0.2, 0.25) is 0 Å². The summed E-state index contributed by atoms with van der Waals surface area (Å²) < 4.78 is 6.91. The molecule has 0 aromatic carbocycles. The molecule has 3 aromatic rings. The van der Waals surface area contributed by atoms with Gasteiger partial charge in [-0.25, -0.2) is 0 Å². The third-order valence-electron chi connectivity index (χ3n) is 5.67. The number of nitrogens with zero attached hydrogens (tertiary/aromatic N) is 6. The molecule has 0 saturated carbocycles. The summed E-state index contributed by atoms with van der Waals surface area (Å²) in [5.41, 5.74) is 6.23. The van der Waals surface area contributed by atoms with Crippen molar-refractivity contribution in [2.75, 3.05) is 36.9 Å². The van der Waals surface area contributed by atoms with Crippen LogP contribution in [0.15, 0.2) is 28.9 Å². The van der Waals surface area contributed by atoms with Gasteiger partial charge in [0.05, 0.1) is 12.9 Å². The van der Waals surface area contributed by atoms with Gasteiger partial charge >= 0.3 is 0 Å². The number of fused-ring (bicyclic) bond motifs is 2. The Kier molecular flexibility index (Phi) is 3.98. The number of hydrogen-bond acceptors (Lipinski definition) is 8. The van der Waals surface area contributed by atoms with Crippen molar-refractivity contribution in [2.45, 2.75) is 31.3 Å². The van der Waals surface area contributed by atoms with Crippen LogP contribution in [-0.2, 0) is 0 Å². The summed E-state index contributed by atoms with van der Waals surface area (Å²) in [6, 6.07) is 6.20. The van der Waals surface area contributed by atoms with Gasteiger partial charge in [-0.15, -0.1) is 5.10 Å². The number of nitrogens with two attached hydrogens (primary N) is 1. The van der Waals surface area contributed by atoms with Crippen molar-refractivity contribution in [2.24, 2.45) is 0 Å². The Morgan fingerprint density at radius 2 is 2.19 bits per heavy atom. The molecule has 0 aliphatic carbocycles. The molecule has 3 N–H and O–H groups in total. The largest absolute Gasteiger partial charge is 0.461 e. The van der Waals surface area contributed by atoms with Crippen molar-refractivity contribution < 1.29 is 9.52 Å². The molecule has 0 radical (unpaired) electrons. The van der Waals surface area contributed by atoms with E-state index in [9.17, 15) is 5.11 Å². The second-order valence-electron chi connectivity index (χ2n) is 7.27. The monoisotopic (exact) mass is 369 g/mol. The van der Waals surface area contributed by atoms with Gasteiger partial charge in [-0.2, -0.15) is 14.5 Å². The van der Waals surface area contributed by atoms with E-state index in [0.717, 1.165) is 44.7 Å². The summed E-state index contributed by atoms with van der Waals surface area (Å²) in [6.45, 7) is 2.91. The molecule has 9 heteroatoms. The zero-order valence-corrected chi connectivity index (χ0v) is 15.0. The lowest BCUT2D eigenvalue weighted by atomic mass is 9.94. The van der Waals surface area contributed by atoms with Crippen LogP contribution in [-0.4, -0.2) is 67.9 Å². The zero-order valence-electron chi connectivity index (χ0n) is 15.0. The van der Waals surface area contributed by atoms with Crippen LogP contribution in [0.4, 0.5) is 11.6 Å². The van der Waals surface area contributed by atoms with E-state index in [0.29, 0.717) is 35.3 Å². The van der Waals surface area contributed by atoms with Crippen molar-refractivity contribution in [1.82, 2.24) is 24.5 Å². The number of furan rings is 1. The molecule has 27 heavy (non-hydrogen) atoms. The Morgan fingerprint density at radius 1 is 1.26 bits per heavy atom. The highest BCUT2D eigenvalue weighted by Crippen LogP contribution is 2.29. The lowest BCUT2D eigenvalue weighted by Gasteiger charge is -2.48. The number of piperazine rings is 1. The Labute approximate surface area is 156 Å². The van der Waals surface area contributed by atoms with Crippen LogP contribution in [0, 0.1) is 0 Å². The van der Waals surface area contributed by atoms with E-state index in [4.69, 9.17) is 15.1 Å². The fraction of sp³-hybridized carbons (Fsp3) is 0.500. The summed E-state index contributed by atoms with van der Waals surface area (Å²) in [4.78, 5) is 13.9. The second kappa shape index (κ2) is 6.50. The molecule has 2 saturated heterocycles. The molecule has 5 heterocycles. The summed E-state index contributed by atoms with van der Waals surface area (Å²) in [5, 5.41) is 14.0. The standard InChI is InChI=1S/C18H23N7O2/c19-15-9-16(20-18-21-17(22-25(15)18)14-5-2-8-27-14)23-6-7-24-12(10-23)3-1-4-13(24)11-26/h2,5,8-9,12-13,26H,1,3-4,6-7,10-11,19H2/t12-,13+/m0/s1. The van der Waals surface area contributed by atoms with Crippen molar-refractivity contribution >= 4 is 17.4 Å². The van der Waals surface area contributed by atoms with Crippen molar-refractivity contribution in [3.05, 3.63) is 24.5 Å². The Balaban J connectivity index is 1.43. The summed E-state index contributed by atoms with van der Waals surface area (Å²) in [6.07, 6.45) is 4.98. The average molecular weight is 369 g/mol. The first kappa shape index (κ1) is 16.5. The van der Waals surface area contributed by atoms with E-state index >= 15 is 0 Å². The number of hydrogen-bond donors (Lipinski definition) is 2. The Hall–Kier alpha value is -2.65. The second-order valence-corrected chi connectivity index (χ2v) is 7.27. The van der Waals surface area contributed by atoms with Crippen molar-refractivity contribution in [3.63, 3.8) is 0 Å². The molecular formula is C18H23N7O2. The van der Waals surface area contributed by atoms with Crippen molar-refractivity contribution in [1.29, 1.82) is 0 Å². The molecule has 0 amide bonds. The third kappa shape index (κ3) is 2.83. The Morgan fingerprint density at radius 3 is 3.00 bits per heavy atom. The third-order valence-corrected chi connectivity index (χ3v) is 5.67. The van der Waals surface area contributed by atoms with Crippen LogP contribution in [0.5, 0.6) is 0 Å². The molecule has 2 aliphatic rings. The minimum Gasteiger partial charge on any atom is -0.461 e. The molecule has 5 rings (SSSR count). The Bertz CT molecular complexity index is 939. The predicted molar refractivity (Wildman–Crippen MR) is 100 cm³/mol. The van der Waals surface area contributed by atoms with Gasteiger partial charge in [-0.05, 0) is 25.0 Å². The maximum absolute atomic E-state index is 9.64. The minimum atomic E-state index is 0.239. The molecule has 2 atom stereocenters. The molecule has 142 valence electrons. The number of aromatic nitrogens is 4. The smallest absolute Gasteiger partial charge is 0.256 e. The number of piperidine rings is 1. The number of aliphatic hydroxyl groups excluding tert-OH is 1. The average Bonchev–Trinajstić information content (AvgIpc) is 3.36. The topological polar surface area (TPSA) is 109 Å². The highest BCUT2D eigenvalue weighted by molar-refractivity contribution is 5.57. The summed E-state index contributed by atoms with van der Waals surface area (Å²) in [7, 11) is 0. The molecule has 0 unspecified atom stereocenters. The van der Waals surface area contributed by atoms with Gasteiger partial charge < -0.3 is 20.2 Å². The maximum atomic E-state index is 9.64. The fourth-order valence-electron chi connectivity index (χ4n) is 4.32. The first-order valence-corrected chi connectivity index (χ1v) is 9.41. The lowest BCUT2D eigenvalue weighted by molar-refractivity contribution is 0.0369. The number of anilines is 2. The predicted octanol–water partition coefficient (Wildman–Crippen LogP) is 1.00. The van der Waals surface area contributed by atoms with Crippen LogP contribution >= 0.6 is 0 Å². The molecule has 0 spiro atoms. The van der Waals surface area contributed by atoms with Gasteiger partial charge in [0.2, 0.25) is 5.82 Å². The van der Waals surface area contributed by atoms with Gasteiger partial charge in [0.1, 0.15) is 11.6 Å². The maximum Gasteiger partial charge on any atom is 0.256 e. The summed E-state index contributed by atoms with van der Waals surface area (Å²) >= 11 is 0. The van der Waals surface area contributed by atoms with E-state index < -0.39 is 0 Å². The van der Waals surface area contributed by atoms with Gasteiger partial charge in [-0.1, -0.05) is 6.42 Å². The van der Waals surface area contributed by atoms with E-state index in [1.54, 1.807) is 16.8 Å². The van der Waals surface area contributed by atoms with Crippen LogP contribution in [0.3, 0.4) is 0 Å². The van der Waals surface area contributed by atoms with E-state index in [-0.39, 0.29) is 6.61 Å². The normalized spacial score (nSPS) is 23.7. The quantitative estimate of drug-likeness (QED) is 0.704. The fourth-order valence-corrected chi connectivity index (χ4v) is 4.32. The minimum absolute atomic E-state index is 0.239. The van der Waals surface area contributed by atoms with Crippen LogP contribution < -0.4 is 10.6 Å². The van der Waals surface area contributed by atoms with Gasteiger partial charge in [0.15, 0.2) is 5.76 Å². The van der Waals surface area contributed by atoms with Gasteiger partial charge in [0, 0.05) is 37.8 Å². The molecular weight excluding hydrogens is 346 g/mol. The molecule has 2 fully saturated rings. The molecule has 9 nitrogen and oxygen atoms in total. The zero-order chi connectivity index (χ0) is 18.4. The molecule has 2 aliphatic heterocycles. The number of rotatable bonds is 3. The lowest BCUT2D eigenvalue weighted by Crippen LogP contribution is -2.59. The van der Waals surface area contributed by atoms with Crippen LogP contribution in [0.25, 0.3) is 17.4 Å². The van der Waals surface area contributed by atoms with E-state index in [1.165, 1.54) is 0 Å². The van der Waals surface area contributed by atoms with E-state index in [1.807, 2.05) is 12.1 Å². The van der Waals surface area contributed by atoms with Gasteiger partial charge in [-0.3, -0.25) is 4.90 Å². The summed E-state index contributed by atoms with van der Waals surface area (Å²) in [5.74, 6) is 2.85. The number of nitrogen functional groups attached to an aromatic ring is 1. The van der Waals surface area contributed by atoms with E-state index in [2.05, 4.69) is 19.9 Å². The van der Waals surface area contributed by atoms with Gasteiger partial charge in [0.25, 0.3) is 5.78 Å². The van der Waals surface area contributed by atoms with Crippen molar-refractivity contribution in [3.8, 4) is 11.6 Å². The molecule has 3 aromatic heterocycles. The first-order valence-electron chi connectivity index (χ1n) is 9.41. The molecule has 0 bridgehead atoms.